The van der Waals surface area contributed by atoms with Crippen LogP contribution in [0.2, 0.25) is 5.02 Å². The molecule has 7 nitrogen and oxygen atoms in total. The minimum absolute atomic E-state index is 0.0544. The number of H-pyrrole nitrogens is 1. The Morgan fingerprint density at radius 1 is 1.24 bits per heavy atom. The van der Waals surface area contributed by atoms with E-state index in [1.807, 2.05) is 0 Å². The number of rotatable bonds is 4. The van der Waals surface area contributed by atoms with Crippen LogP contribution in [0.25, 0.3) is 11.6 Å². The first-order chi connectivity index (χ1) is 11.7. The van der Waals surface area contributed by atoms with Crippen molar-refractivity contribution in [2.45, 2.75) is 25.7 Å². The van der Waals surface area contributed by atoms with E-state index in [1.165, 1.54) is 12.1 Å². The number of aromatic amines is 1. The van der Waals surface area contributed by atoms with Crippen LogP contribution in [0, 0.1) is 26.6 Å². The Bertz CT molecular complexity index is 1060. The zero-order valence-corrected chi connectivity index (χ0v) is 15.1. The normalized spacial score (nSPS) is 11.7. The highest BCUT2D eigenvalue weighted by molar-refractivity contribution is 7.92. The number of anilines is 1. The Hall–Kier alpha value is -2.39. The van der Waals surface area contributed by atoms with E-state index < -0.39 is 15.8 Å². The highest BCUT2D eigenvalue weighted by Gasteiger charge is 2.26. The van der Waals surface area contributed by atoms with Gasteiger partial charge >= 0.3 is 0 Å². The minimum atomic E-state index is -3.94. The van der Waals surface area contributed by atoms with Crippen molar-refractivity contribution in [3.63, 3.8) is 0 Å². The molecule has 1 aromatic carbocycles. The van der Waals surface area contributed by atoms with Gasteiger partial charge in [-0.2, -0.15) is 0 Å². The molecule has 2 heterocycles. The van der Waals surface area contributed by atoms with Gasteiger partial charge in [0.15, 0.2) is 0 Å². The van der Waals surface area contributed by atoms with Crippen molar-refractivity contribution in [1.82, 2.24) is 15.2 Å². The second-order valence-corrected chi connectivity index (χ2v) is 7.47. The monoisotopic (exact) mass is 384 g/mol. The van der Waals surface area contributed by atoms with Crippen LogP contribution in [-0.4, -0.2) is 23.6 Å². The SMILES string of the molecule is Cc1nnc(-c2[nH]c(C)c(S(=O)(=O)Nc3ccc(F)c(Cl)c3)c2C)o1. The van der Waals surface area contributed by atoms with Crippen LogP contribution in [0.15, 0.2) is 27.5 Å². The van der Waals surface area contributed by atoms with Crippen LogP contribution in [0.3, 0.4) is 0 Å². The molecule has 2 aromatic heterocycles. The summed E-state index contributed by atoms with van der Waals surface area (Å²) >= 11 is 5.69. The van der Waals surface area contributed by atoms with Crippen LogP contribution in [0.4, 0.5) is 10.1 Å². The number of sulfonamides is 1. The van der Waals surface area contributed by atoms with E-state index in [0.29, 0.717) is 22.8 Å². The smallest absolute Gasteiger partial charge is 0.264 e. The second kappa shape index (κ2) is 6.16. The summed E-state index contributed by atoms with van der Waals surface area (Å²) in [5, 5.41) is 7.46. The summed E-state index contributed by atoms with van der Waals surface area (Å²) in [6, 6.07) is 3.58. The Morgan fingerprint density at radius 3 is 2.56 bits per heavy atom. The number of nitrogens with one attached hydrogen (secondary N) is 2. The van der Waals surface area contributed by atoms with Gasteiger partial charge in [0.1, 0.15) is 16.4 Å². The molecule has 0 fully saturated rings. The number of aryl methyl sites for hydroxylation is 2. The van der Waals surface area contributed by atoms with Crippen molar-refractivity contribution in [3.05, 3.63) is 46.2 Å². The predicted molar refractivity (Wildman–Crippen MR) is 90.5 cm³/mol. The highest BCUT2D eigenvalue weighted by Crippen LogP contribution is 2.31. The minimum Gasteiger partial charge on any atom is -0.420 e. The summed E-state index contributed by atoms with van der Waals surface area (Å²) in [7, 11) is -3.94. The molecule has 0 aliphatic carbocycles. The summed E-state index contributed by atoms with van der Waals surface area (Å²) in [4.78, 5) is 3.01. The van der Waals surface area contributed by atoms with Crippen LogP contribution in [-0.2, 0) is 10.0 Å². The molecule has 0 unspecified atom stereocenters. The largest absolute Gasteiger partial charge is 0.420 e. The topological polar surface area (TPSA) is 101 Å². The van der Waals surface area contributed by atoms with E-state index in [4.69, 9.17) is 16.0 Å². The number of nitrogens with zero attached hydrogens (tertiary/aromatic N) is 2. The predicted octanol–water partition coefficient (Wildman–Crippen LogP) is 3.58. The molecule has 3 rings (SSSR count). The first-order valence-corrected chi connectivity index (χ1v) is 9.02. The second-order valence-electron chi connectivity index (χ2n) is 5.44. The molecule has 3 aromatic rings. The fourth-order valence-electron chi connectivity index (χ4n) is 2.51. The zero-order valence-electron chi connectivity index (χ0n) is 13.5. The molecule has 0 bridgehead atoms. The first kappa shape index (κ1) is 17.4. The molecule has 0 spiro atoms. The molecular formula is C15H14ClFN4O3S. The molecule has 10 heteroatoms. The van der Waals surface area contributed by atoms with Crippen molar-refractivity contribution in [2.24, 2.45) is 0 Å². The number of halogens is 2. The average Bonchev–Trinajstić information content (AvgIpc) is 3.06. The highest BCUT2D eigenvalue weighted by atomic mass is 35.5. The number of benzene rings is 1. The van der Waals surface area contributed by atoms with E-state index in [9.17, 15) is 12.8 Å². The molecule has 0 saturated carbocycles. The third-order valence-electron chi connectivity index (χ3n) is 3.55. The summed E-state index contributed by atoms with van der Waals surface area (Å²) in [5.74, 6) is -0.0674. The summed E-state index contributed by atoms with van der Waals surface area (Å²) < 4.78 is 46.5. The van der Waals surface area contributed by atoms with Gasteiger partial charge in [-0.3, -0.25) is 4.72 Å². The van der Waals surface area contributed by atoms with Gasteiger partial charge in [0, 0.05) is 18.2 Å². The Morgan fingerprint density at radius 2 is 1.96 bits per heavy atom. The van der Waals surface area contributed by atoms with Gasteiger partial charge in [0.05, 0.1) is 10.7 Å². The van der Waals surface area contributed by atoms with Gasteiger partial charge < -0.3 is 9.40 Å². The molecule has 0 atom stereocenters. The van der Waals surface area contributed by atoms with E-state index in [0.717, 1.165) is 6.07 Å². The average molecular weight is 385 g/mol. The van der Waals surface area contributed by atoms with E-state index >= 15 is 0 Å². The van der Waals surface area contributed by atoms with Gasteiger partial charge in [-0.25, -0.2) is 12.8 Å². The maximum atomic E-state index is 13.2. The van der Waals surface area contributed by atoms with Crippen molar-refractivity contribution in [2.75, 3.05) is 4.72 Å². The molecular weight excluding hydrogens is 371 g/mol. The zero-order chi connectivity index (χ0) is 18.4. The lowest BCUT2D eigenvalue weighted by Crippen LogP contribution is -2.14. The van der Waals surface area contributed by atoms with E-state index in [-0.39, 0.29) is 21.5 Å². The van der Waals surface area contributed by atoms with Gasteiger partial charge in [-0.1, -0.05) is 11.6 Å². The van der Waals surface area contributed by atoms with Gasteiger partial charge in [0.25, 0.3) is 15.9 Å². The van der Waals surface area contributed by atoms with Gasteiger partial charge in [-0.15, -0.1) is 10.2 Å². The van der Waals surface area contributed by atoms with Crippen LogP contribution < -0.4 is 4.72 Å². The molecule has 0 saturated heterocycles. The number of hydrogen-bond donors (Lipinski definition) is 2. The molecule has 0 aliphatic heterocycles. The number of hydrogen-bond acceptors (Lipinski definition) is 5. The van der Waals surface area contributed by atoms with Crippen molar-refractivity contribution < 1.29 is 17.2 Å². The lowest BCUT2D eigenvalue weighted by atomic mass is 10.2. The molecule has 0 aliphatic rings. The Kier molecular flexibility index (Phi) is 4.29. The summed E-state index contributed by atoms with van der Waals surface area (Å²) in [6.07, 6.45) is 0. The van der Waals surface area contributed by atoms with Crippen molar-refractivity contribution >= 4 is 27.3 Å². The van der Waals surface area contributed by atoms with E-state index in [1.54, 1.807) is 20.8 Å². The fourth-order valence-corrected chi connectivity index (χ4v) is 4.19. The molecule has 2 N–H and O–H groups in total. The standard InChI is InChI=1S/C15H14ClFN4O3S/c1-7-13(15-20-19-9(3)24-15)18-8(2)14(7)25(22,23)21-10-4-5-12(17)11(16)6-10/h4-6,18,21H,1-3H3. The van der Waals surface area contributed by atoms with Crippen molar-refractivity contribution in [1.29, 1.82) is 0 Å². The Labute approximate surface area is 148 Å². The summed E-state index contributed by atoms with van der Waals surface area (Å²) in [5.41, 5.74) is 1.42. The number of aromatic nitrogens is 3. The summed E-state index contributed by atoms with van der Waals surface area (Å²) in [6.45, 7) is 4.88. The van der Waals surface area contributed by atoms with Gasteiger partial charge in [0.2, 0.25) is 5.89 Å². The Balaban J connectivity index is 2.02. The first-order valence-electron chi connectivity index (χ1n) is 7.16. The molecule has 0 amide bonds. The van der Waals surface area contributed by atoms with Crippen LogP contribution >= 0.6 is 11.6 Å². The maximum absolute atomic E-state index is 13.2. The lowest BCUT2D eigenvalue weighted by molar-refractivity contribution is 0.531. The van der Waals surface area contributed by atoms with E-state index in [2.05, 4.69) is 19.9 Å². The van der Waals surface area contributed by atoms with Crippen LogP contribution in [0.1, 0.15) is 17.1 Å². The lowest BCUT2D eigenvalue weighted by Gasteiger charge is -2.09. The third-order valence-corrected chi connectivity index (χ3v) is 5.49. The van der Waals surface area contributed by atoms with Gasteiger partial charge in [-0.05, 0) is 32.0 Å². The maximum Gasteiger partial charge on any atom is 0.264 e. The van der Waals surface area contributed by atoms with Crippen LogP contribution in [0.5, 0.6) is 0 Å². The quantitative estimate of drug-likeness (QED) is 0.715. The molecule has 0 radical (unpaired) electrons. The molecule has 132 valence electrons. The third kappa shape index (κ3) is 3.24. The molecule has 25 heavy (non-hydrogen) atoms. The fraction of sp³-hybridized carbons (Fsp3) is 0.200. The van der Waals surface area contributed by atoms with Crippen molar-refractivity contribution in [3.8, 4) is 11.6 Å².